The smallest absolute Gasteiger partial charge is 0.0164 e. The molecule has 2 unspecified atom stereocenters. The lowest BCUT2D eigenvalue weighted by Crippen LogP contribution is -2.38. The molecule has 0 amide bonds. The Labute approximate surface area is 98.3 Å². The summed E-state index contributed by atoms with van der Waals surface area (Å²) in [4.78, 5) is 0. The second kappa shape index (κ2) is 3.89. The second-order valence-electron chi connectivity index (χ2n) is 5.73. The van der Waals surface area contributed by atoms with Crippen molar-refractivity contribution in [3.05, 3.63) is 35.9 Å². The maximum absolute atomic E-state index is 3.72. The van der Waals surface area contributed by atoms with Crippen molar-refractivity contribution < 1.29 is 0 Å². The van der Waals surface area contributed by atoms with Crippen LogP contribution in [0, 0.1) is 11.3 Å². The minimum atomic E-state index is 0.565. The van der Waals surface area contributed by atoms with E-state index >= 15 is 0 Å². The van der Waals surface area contributed by atoms with Gasteiger partial charge >= 0.3 is 0 Å². The van der Waals surface area contributed by atoms with E-state index in [2.05, 4.69) is 42.6 Å². The first-order valence-electron chi connectivity index (χ1n) is 6.56. The summed E-state index contributed by atoms with van der Waals surface area (Å²) in [7, 11) is 0. The van der Waals surface area contributed by atoms with Crippen LogP contribution in [-0.2, 0) is 6.42 Å². The molecule has 0 radical (unpaired) electrons. The monoisotopic (exact) mass is 215 g/mol. The maximum Gasteiger partial charge on any atom is 0.0164 e. The molecule has 86 valence electrons. The van der Waals surface area contributed by atoms with Crippen LogP contribution in [0.1, 0.15) is 31.7 Å². The van der Waals surface area contributed by atoms with Crippen molar-refractivity contribution in [3.8, 4) is 0 Å². The SMILES string of the molecule is CC1(C2CC2)CCNC1Cc1ccccc1. The molecule has 16 heavy (non-hydrogen) atoms. The van der Waals surface area contributed by atoms with Crippen LogP contribution in [0.15, 0.2) is 30.3 Å². The van der Waals surface area contributed by atoms with E-state index in [1.807, 2.05) is 0 Å². The second-order valence-corrected chi connectivity index (χ2v) is 5.73. The summed E-state index contributed by atoms with van der Waals surface area (Å²) in [6, 6.07) is 11.6. The first kappa shape index (κ1) is 10.3. The van der Waals surface area contributed by atoms with Gasteiger partial charge in [-0.2, -0.15) is 0 Å². The molecule has 1 nitrogen and oxygen atoms in total. The lowest BCUT2D eigenvalue weighted by molar-refractivity contribution is 0.233. The van der Waals surface area contributed by atoms with E-state index in [0.717, 1.165) is 5.92 Å². The zero-order chi connectivity index (χ0) is 11.0. The van der Waals surface area contributed by atoms with Crippen LogP contribution in [0.3, 0.4) is 0 Å². The average molecular weight is 215 g/mol. The molecule has 1 heteroatoms. The van der Waals surface area contributed by atoms with Crippen LogP contribution in [0.2, 0.25) is 0 Å². The summed E-state index contributed by atoms with van der Waals surface area (Å²) >= 11 is 0. The number of benzene rings is 1. The Morgan fingerprint density at radius 2 is 2.00 bits per heavy atom. The van der Waals surface area contributed by atoms with E-state index < -0.39 is 0 Å². The number of hydrogen-bond acceptors (Lipinski definition) is 1. The topological polar surface area (TPSA) is 12.0 Å². The quantitative estimate of drug-likeness (QED) is 0.817. The van der Waals surface area contributed by atoms with Gasteiger partial charge in [-0.15, -0.1) is 0 Å². The predicted octanol–water partition coefficient (Wildman–Crippen LogP) is 3.01. The molecule has 2 atom stereocenters. The first-order valence-corrected chi connectivity index (χ1v) is 6.56. The Morgan fingerprint density at radius 3 is 2.69 bits per heavy atom. The molecule has 2 aliphatic rings. The van der Waals surface area contributed by atoms with E-state index in [4.69, 9.17) is 0 Å². The fourth-order valence-corrected chi connectivity index (χ4v) is 3.31. The third kappa shape index (κ3) is 1.78. The average Bonchev–Trinajstić information content (AvgIpc) is 3.09. The van der Waals surface area contributed by atoms with Gasteiger partial charge in [0.1, 0.15) is 0 Å². The minimum Gasteiger partial charge on any atom is -0.313 e. The number of nitrogens with one attached hydrogen (secondary N) is 1. The lowest BCUT2D eigenvalue weighted by atomic mass is 9.75. The summed E-state index contributed by atoms with van der Waals surface area (Å²) in [5.41, 5.74) is 2.05. The van der Waals surface area contributed by atoms with Gasteiger partial charge in [-0.25, -0.2) is 0 Å². The molecule has 1 heterocycles. The Bertz CT molecular complexity index is 355. The number of hydrogen-bond donors (Lipinski definition) is 1. The van der Waals surface area contributed by atoms with Gasteiger partial charge in [0.2, 0.25) is 0 Å². The molecule has 1 saturated heterocycles. The van der Waals surface area contributed by atoms with E-state index in [1.165, 1.54) is 37.8 Å². The van der Waals surface area contributed by atoms with Gasteiger partial charge in [0.15, 0.2) is 0 Å². The van der Waals surface area contributed by atoms with Crippen molar-refractivity contribution in [1.82, 2.24) is 5.32 Å². The first-order chi connectivity index (χ1) is 7.79. The zero-order valence-electron chi connectivity index (χ0n) is 10.1. The van der Waals surface area contributed by atoms with Crippen LogP contribution >= 0.6 is 0 Å². The highest BCUT2D eigenvalue weighted by molar-refractivity contribution is 5.18. The molecule has 0 aromatic heterocycles. The highest BCUT2D eigenvalue weighted by Crippen LogP contribution is 2.52. The molecule has 2 fully saturated rings. The molecule has 1 aliphatic carbocycles. The molecule has 1 saturated carbocycles. The molecule has 1 aliphatic heterocycles. The van der Waals surface area contributed by atoms with E-state index in [9.17, 15) is 0 Å². The van der Waals surface area contributed by atoms with Gasteiger partial charge in [-0.1, -0.05) is 37.3 Å². The Morgan fingerprint density at radius 1 is 1.25 bits per heavy atom. The summed E-state index contributed by atoms with van der Waals surface area (Å²) in [5, 5.41) is 3.72. The van der Waals surface area contributed by atoms with Crippen molar-refractivity contribution in [2.45, 2.75) is 38.6 Å². The molecular weight excluding hydrogens is 194 g/mol. The molecule has 0 spiro atoms. The number of rotatable bonds is 3. The van der Waals surface area contributed by atoms with Crippen molar-refractivity contribution >= 4 is 0 Å². The molecule has 3 rings (SSSR count). The third-order valence-electron chi connectivity index (χ3n) is 4.64. The predicted molar refractivity (Wildman–Crippen MR) is 67.4 cm³/mol. The van der Waals surface area contributed by atoms with Gasteiger partial charge < -0.3 is 5.32 Å². The highest BCUT2D eigenvalue weighted by Gasteiger charge is 2.48. The molecular formula is C15H21N. The van der Waals surface area contributed by atoms with Crippen molar-refractivity contribution in [3.63, 3.8) is 0 Å². The maximum atomic E-state index is 3.72. The Kier molecular flexibility index (Phi) is 2.51. The Hall–Kier alpha value is -0.820. The van der Waals surface area contributed by atoms with E-state index in [-0.39, 0.29) is 0 Å². The summed E-state index contributed by atoms with van der Waals surface area (Å²) in [6.07, 6.45) is 5.50. The molecule has 0 bridgehead atoms. The zero-order valence-corrected chi connectivity index (χ0v) is 10.1. The fourth-order valence-electron chi connectivity index (χ4n) is 3.31. The molecule has 1 N–H and O–H groups in total. The van der Waals surface area contributed by atoms with Crippen LogP contribution < -0.4 is 5.32 Å². The van der Waals surface area contributed by atoms with Gasteiger partial charge in [0, 0.05) is 6.04 Å². The molecule has 1 aromatic rings. The minimum absolute atomic E-state index is 0.565. The normalized spacial score (nSPS) is 34.2. The van der Waals surface area contributed by atoms with Gasteiger partial charge in [-0.05, 0) is 49.1 Å². The fraction of sp³-hybridized carbons (Fsp3) is 0.600. The van der Waals surface area contributed by atoms with E-state index in [1.54, 1.807) is 0 Å². The van der Waals surface area contributed by atoms with Crippen LogP contribution in [0.4, 0.5) is 0 Å². The summed E-state index contributed by atoms with van der Waals surface area (Å²) in [6.45, 7) is 3.71. The Balaban J connectivity index is 1.74. The van der Waals surface area contributed by atoms with Gasteiger partial charge in [0.05, 0.1) is 0 Å². The highest BCUT2D eigenvalue weighted by atomic mass is 15.0. The van der Waals surface area contributed by atoms with Crippen LogP contribution in [-0.4, -0.2) is 12.6 Å². The van der Waals surface area contributed by atoms with Gasteiger partial charge in [-0.3, -0.25) is 0 Å². The van der Waals surface area contributed by atoms with Crippen molar-refractivity contribution in [2.24, 2.45) is 11.3 Å². The van der Waals surface area contributed by atoms with Crippen LogP contribution in [0.25, 0.3) is 0 Å². The molecule has 1 aromatic carbocycles. The van der Waals surface area contributed by atoms with Crippen molar-refractivity contribution in [1.29, 1.82) is 0 Å². The lowest BCUT2D eigenvalue weighted by Gasteiger charge is -2.31. The summed E-state index contributed by atoms with van der Waals surface area (Å²) < 4.78 is 0. The standard InChI is InChI=1S/C15H21N/c1-15(13-7-8-13)9-10-16-14(15)11-12-5-3-2-4-6-12/h2-6,13-14,16H,7-11H2,1H3. The summed E-state index contributed by atoms with van der Waals surface area (Å²) in [5.74, 6) is 0.996. The van der Waals surface area contributed by atoms with Crippen molar-refractivity contribution in [2.75, 3.05) is 6.54 Å². The largest absolute Gasteiger partial charge is 0.313 e. The van der Waals surface area contributed by atoms with E-state index in [0.29, 0.717) is 11.5 Å². The van der Waals surface area contributed by atoms with Gasteiger partial charge in [0.25, 0.3) is 0 Å². The third-order valence-corrected chi connectivity index (χ3v) is 4.64. The van der Waals surface area contributed by atoms with Crippen LogP contribution in [0.5, 0.6) is 0 Å².